The summed E-state index contributed by atoms with van der Waals surface area (Å²) in [6, 6.07) is 16.5. The van der Waals surface area contributed by atoms with E-state index in [9.17, 15) is 9.59 Å². The molecule has 0 unspecified atom stereocenters. The fraction of sp³-hybridized carbons (Fsp3) is 0.208. The number of nitrogens with one attached hydrogen (secondary N) is 1. The fourth-order valence-corrected chi connectivity index (χ4v) is 3.95. The number of hydrogen-bond acceptors (Lipinski definition) is 4. The molecule has 158 valence electrons. The fourth-order valence-electron chi connectivity index (χ4n) is 3.95. The topological polar surface area (TPSA) is 78.2 Å². The van der Waals surface area contributed by atoms with E-state index in [1.807, 2.05) is 60.9 Å². The van der Waals surface area contributed by atoms with Gasteiger partial charge in [-0.2, -0.15) is 5.10 Å². The van der Waals surface area contributed by atoms with E-state index >= 15 is 0 Å². The number of benzene rings is 2. The van der Waals surface area contributed by atoms with Crippen molar-refractivity contribution in [2.24, 2.45) is 7.05 Å². The Morgan fingerprint density at radius 2 is 1.81 bits per heavy atom. The van der Waals surface area contributed by atoms with Crippen molar-refractivity contribution in [3.05, 3.63) is 76.2 Å². The molecule has 0 saturated carbocycles. The number of pyridine rings is 1. The molecule has 0 spiro atoms. The molecule has 0 aliphatic rings. The zero-order valence-corrected chi connectivity index (χ0v) is 18.0. The predicted octanol–water partition coefficient (Wildman–Crippen LogP) is 3.67. The van der Waals surface area contributed by atoms with Crippen LogP contribution in [-0.2, 0) is 18.4 Å². The van der Waals surface area contributed by atoms with Gasteiger partial charge in [0, 0.05) is 29.8 Å². The third kappa shape index (κ3) is 3.70. The summed E-state index contributed by atoms with van der Waals surface area (Å²) in [7, 11) is 3.41. The van der Waals surface area contributed by atoms with Gasteiger partial charge in [0.2, 0.25) is 5.91 Å². The van der Waals surface area contributed by atoms with Gasteiger partial charge in [0.15, 0.2) is 5.43 Å². The minimum Gasteiger partial charge on any atom is -0.496 e. The quantitative estimate of drug-likeness (QED) is 0.539. The zero-order valence-electron chi connectivity index (χ0n) is 18.0. The molecule has 0 saturated heterocycles. The van der Waals surface area contributed by atoms with E-state index in [1.54, 1.807) is 31.0 Å². The first-order valence-corrected chi connectivity index (χ1v) is 9.96. The van der Waals surface area contributed by atoms with E-state index in [0.717, 1.165) is 28.0 Å². The second-order valence-corrected chi connectivity index (χ2v) is 7.43. The van der Waals surface area contributed by atoms with Gasteiger partial charge in [0.05, 0.1) is 23.9 Å². The minimum atomic E-state index is -0.212. The highest BCUT2D eigenvalue weighted by molar-refractivity contribution is 5.96. The van der Waals surface area contributed by atoms with Gasteiger partial charge in [-0.1, -0.05) is 30.3 Å². The summed E-state index contributed by atoms with van der Waals surface area (Å²) in [5, 5.41) is 8.10. The normalized spacial score (nSPS) is 11.0. The summed E-state index contributed by atoms with van der Waals surface area (Å²) in [6.07, 6.45) is 0. The van der Waals surface area contributed by atoms with E-state index in [4.69, 9.17) is 4.74 Å². The van der Waals surface area contributed by atoms with Gasteiger partial charge in [-0.3, -0.25) is 14.3 Å². The van der Waals surface area contributed by atoms with Gasteiger partial charge in [-0.25, -0.2) is 0 Å². The van der Waals surface area contributed by atoms with Crippen molar-refractivity contribution in [3.63, 3.8) is 0 Å². The summed E-state index contributed by atoms with van der Waals surface area (Å²) in [5.41, 5.74) is 3.86. The lowest BCUT2D eigenvalue weighted by molar-refractivity contribution is -0.116. The van der Waals surface area contributed by atoms with Crippen molar-refractivity contribution in [3.8, 4) is 16.9 Å². The van der Waals surface area contributed by atoms with Crippen LogP contribution < -0.4 is 15.5 Å². The maximum absolute atomic E-state index is 13.1. The Labute approximate surface area is 179 Å². The highest BCUT2D eigenvalue weighted by Gasteiger charge is 2.20. The molecule has 1 N–H and O–H groups in total. The number of nitrogens with zero attached hydrogens (tertiary/aromatic N) is 3. The van der Waals surface area contributed by atoms with Crippen LogP contribution in [0.1, 0.15) is 11.4 Å². The molecule has 0 aliphatic carbocycles. The first-order chi connectivity index (χ1) is 14.9. The number of para-hydroxylation sites is 2. The second kappa shape index (κ2) is 8.10. The lowest BCUT2D eigenvalue weighted by Gasteiger charge is -2.16. The van der Waals surface area contributed by atoms with E-state index in [1.165, 1.54) is 0 Å². The lowest BCUT2D eigenvalue weighted by atomic mass is 10.0. The minimum absolute atomic E-state index is 0.0505. The molecule has 2 heterocycles. The van der Waals surface area contributed by atoms with Crippen molar-refractivity contribution in [2.45, 2.75) is 20.4 Å². The Hall–Kier alpha value is -3.87. The van der Waals surface area contributed by atoms with Crippen LogP contribution in [-0.4, -0.2) is 27.4 Å². The molecular formula is C24H24N4O3. The molecular weight excluding hydrogens is 392 g/mol. The number of amides is 1. The van der Waals surface area contributed by atoms with E-state index < -0.39 is 0 Å². The van der Waals surface area contributed by atoms with Crippen LogP contribution in [0.15, 0.2) is 59.4 Å². The number of methoxy groups -OCH3 is 1. The summed E-state index contributed by atoms with van der Waals surface area (Å²) in [6.45, 7) is 3.80. The number of hydrogen-bond donors (Lipinski definition) is 1. The Balaban J connectivity index is 1.72. The molecule has 2 aromatic carbocycles. The molecule has 31 heavy (non-hydrogen) atoms. The average Bonchev–Trinajstić information content (AvgIpc) is 3.03. The number of ether oxygens (including phenoxy) is 1. The average molecular weight is 416 g/mol. The maximum Gasteiger partial charge on any atom is 0.245 e. The molecule has 4 aromatic rings. The number of aryl methyl sites for hydroxylation is 3. The van der Waals surface area contributed by atoms with Crippen LogP contribution in [0.3, 0.4) is 0 Å². The molecule has 0 aliphatic heterocycles. The summed E-state index contributed by atoms with van der Waals surface area (Å²) >= 11 is 0. The molecule has 7 heteroatoms. The molecule has 0 atom stereocenters. The number of fused-ring (bicyclic) bond motifs is 1. The molecule has 2 aromatic heterocycles. The smallest absolute Gasteiger partial charge is 0.245 e. The Bertz CT molecular complexity index is 1350. The highest BCUT2D eigenvalue weighted by atomic mass is 16.5. The van der Waals surface area contributed by atoms with Gasteiger partial charge in [-0.15, -0.1) is 0 Å². The molecule has 0 fully saturated rings. The Kier molecular flexibility index (Phi) is 5.33. The number of aromatic nitrogens is 3. The van der Waals surface area contributed by atoms with Crippen LogP contribution in [0.25, 0.3) is 22.0 Å². The SMILES string of the molecule is COc1ccccc1-c1c(C)nn(C)c1NC(=O)Cn1c(C)cc(=O)c2ccccc21. The van der Waals surface area contributed by atoms with Crippen molar-refractivity contribution in [1.82, 2.24) is 14.3 Å². The van der Waals surface area contributed by atoms with Gasteiger partial charge >= 0.3 is 0 Å². The third-order valence-electron chi connectivity index (χ3n) is 5.38. The number of rotatable bonds is 5. The third-order valence-corrected chi connectivity index (χ3v) is 5.38. The summed E-state index contributed by atoms with van der Waals surface area (Å²) in [4.78, 5) is 25.4. The van der Waals surface area contributed by atoms with E-state index in [0.29, 0.717) is 17.0 Å². The van der Waals surface area contributed by atoms with E-state index in [2.05, 4.69) is 10.4 Å². The van der Waals surface area contributed by atoms with Gasteiger partial charge in [0.25, 0.3) is 0 Å². The molecule has 0 bridgehead atoms. The first kappa shape index (κ1) is 20.4. The zero-order chi connectivity index (χ0) is 22.1. The predicted molar refractivity (Wildman–Crippen MR) is 122 cm³/mol. The Morgan fingerprint density at radius 3 is 2.58 bits per heavy atom. The monoisotopic (exact) mass is 416 g/mol. The highest BCUT2D eigenvalue weighted by Crippen LogP contribution is 2.37. The van der Waals surface area contributed by atoms with Gasteiger partial charge in [0.1, 0.15) is 18.1 Å². The van der Waals surface area contributed by atoms with Crippen LogP contribution >= 0.6 is 0 Å². The number of anilines is 1. The van der Waals surface area contributed by atoms with Crippen molar-refractivity contribution >= 4 is 22.6 Å². The standard InChI is InChI=1S/C24H24N4O3/c1-15-13-20(29)17-9-5-7-11-19(17)28(15)14-22(30)25-24-23(16(2)26-27(24)3)18-10-6-8-12-21(18)31-4/h5-13H,14H2,1-4H3,(H,25,30). The van der Waals surface area contributed by atoms with Crippen LogP contribution in [0, 0.1) is 13.8 Å². The van der Waals surface area contributed by atoms with Gasteiger partial charge < -0.3 is 14.6 Å². The largest absolute Gasteiger partial charge is 0.496 e. The number of carbonyl (C=O) groups excluding carboxylic acids is 1. The maximum atomic E-state index is 13.1. The van der Waals surface area contributed by atoms with Crippen LogP contribution in [0.5, 0.6) is 5.75 Å². The first-order valence-electron chi connectivity index (χ1n) is 9.96. The summed E-state index contributed by atoms with van der Waals surface area (Å²) in [5.74, 6) is 1.09. The summed E-state index contributed by atoms with van der Waals surface area (Å²) < 4.78 is 9.01. The van der Waals surface area contributed by atoms with E-state index in [-0.39, 0.29) is 17.9 Å². The number of carbonyl (C=O) groups is 1. The molecule has 1 amide bonds. The second-order valence-electron chi connectivity index (χ2n) is 7.43. The lowest BCUT2D eigenvalue weighted by Crippen LogP contribution is -2.23. The van der Waals surface area contributed by atoms with Crippen molar-refractivity contribution < 1.29 is 9.53 Å². The van der Waals surface area contributed by atoms with Crippen molar-refractivity contribution in [2.75, 3.05) is 12.4 Å². The van der Waals surface area contributed by atoms with Crippen LogP contribution in [0.2, 0.25) is 0 Å². The van der Waals surface area contributed by atoms with Gasteiger partial charge in [-0.05, 0) is 32.0 Å². The van der Waals surface area contributed by atoms with Crippen molar-refractivity contribution in [1.29, 1.82) is 0 Å². The Morgan fingerprint density at radius 1 is 1.10 bits per heavy atom. The molecule has 7 nitrogen and oxygen atoms in total. The molecule has 0 radical (unpaired) electrons. The molecule has 4 rings (SSSR count). The van der Waals surface area contributed by atoms with Crippen LogP contribution in [0.4, 0.5) is 5.82 Å².